The summed E-state index contributed by atoms with van der Waals surface area (Å²) in [6.45, 7) is 0. The SMILES string of the molecule is COC(=O)c1ccc(Nc2nccc3ccccc23)cn1. The molecule has 0 spiro atoms. The Morgan fingerprint density at radius 3 is 2.71 bits per heavy atom. The molecule has 0 radical (unpaired) electrons. The number of hydrogen-bond acceptors (Lipinski definition) is 5. The van der Waals surface area contributed by atoms with Crippen LogP contribution < -0.4 is 5.32 Å². The Labute approximate surface area is 121 Å². The number of nitrogens with one attached hydrogen (secondary N) is 1. The van der Waals surface area contributed by atoms with E-state index in [1.807, 2.05) is 30.3 Å². The molecular weight excluding hydrogens is 266 g/mol. The number of pyridine rings is 2. The molecule has 0 fully saturated rings. The van der Waals surface area contributed by atoms with Crippen LogP contribution in [0.5, 0.6) is 0 Å². The van der Waals surface area contributed by atoms with E-state index in [0.29, 0.717) is 0 Å². The molecular formula is C16H13N3O2. The summed E-state index contributed by atoms with van der Waals surface area (Å²) in [5, 5.41) is 5.34. The van der Waals surface area contributed by atoms with E-state index >= 15 is 0 Å². The number of methoxy groups -OCH3 is 1. The minimum absolute atomic E-state index is 0.272. The van der Waals surface area contributed by atoms with E-state index in [2.05, 4.69) is 20.0 Å². The van der Waals surface area contributed by atoms with Crippen molar-refractivity contribution in [1.29, 1.82) is 0 Å². The molecule has 3 aromatic rings. The minimum atomic E-state index is -0.454. The Bertz CT molecular complexity index is 780. The first kappa shape index (κ1) is 13.1. The summed E-state index contributed by atoms with van der Waals surface area (Å²) >= 11 is 0. The van der Waals surface area contributed by atoms with Crippen molar-refractivity contribution in [3.05, 3.63) is 60.6 Å². The highest BCUT2D eigenvalue weighted by atomic mass is 16.5. The maximum Gasteiger partial charge on any atom is 0.356 e. The Morgan fingerprint density at radius 1 is 1.10 bits per heavy atom. The maximum atomic E-state index is 11.3. The zero-order valence-electron chi connectivity index (χ0n) is 11.4. The van der Waals surface area contributed by atoms with Gasteiger partial charge in [0.05, 0.1) is 19.0 Å². The Morgan fingerprint density at radius 2 is 1.95 bits per heavy atom. The molecule has 0 amide bonds. The van der Waals surface area contributed by atoms with Crippen LogP contribution in [0.25, 0.3) is 10.8 Å². The van der Waals surface area contributed by atoms with Crippen LogP contribution in [0.1, 0.15) is 10.5 Å². The summed E-state index contributed by atoms with van der Waals surface area (Å²) in [7, 11) is 1.33. The molecule has 0 aliphatic heterocycles. The second-order valence-electron chi connectivity index (χ2n) is 4.43. The van der Waals surface area contributed by atoms with E-state index in [9.17, 15) is 4.79 Å². The zero-order valence-corrected chi connectivity index (χ0v) is 11.4. The highest BCUT2D eigenvalue weighted by molar-refractivity contribution is 5.93. The van der Waals surface area contributed by atoms with E-state index in [4.69, 9.17) is 0 Å². The largest absolute Gasteiger partial charge is 0.464 e. The van der Waals surface area contributed by atoms with Gasteiger partial charge in [-0.3, -0.25) is 0 Å². The van der Waals surface area contributed by atoms with Gasteiger partial charge in [0, 0.05) is 11.6 Å². The Kier molecular flexibility index (Phi) is 3.47. The topological polar surface area (TPSA) is 64.1 Å². The molecule has 3 rings (SSSR count). The van der Waals surface area contributed by atoms with Gasteiger partial charge in [0.1, 0.15) is 11.5 Å². The lowest BCUT2D eigenvalue weighted by molar-refractivity contribution is 0.0594. The van der Waals surface area contributed by atoms with Gasteiger partial charge < -0.3 is 10.1 Å². The van der Waals surface area contributed by atoms with Crippen LogP contribution in [0, 0.1) is 0 Å². The van der Waals surface area contributed by atoms with Gasteiger partial charge in [-0.05, 0) is 23.6 Å². The molecule has 0 aliphatic carbocycles. The molecule has 1 aromatic carbocycles. The van der Waals surface area contributed by atoms with Crippen molar-refractivity contribution in [1.82, 2.24) is 9.97 Å². The van der Waals surface area contributed by atoms with Crippen LogP contribution in [-0.2, 0) is 4.74 Å². The lowest BCUT2D eigenvalue weighted by Gasteiger charge is -2.08. The summed E-state index contributed by atoms with van der Waals surface area (Å²) < 4.78 is 4.62. The van der Waals surface area contributed by atoms with Gasteiger partial charge in [-0.1, -0.05) is 24.3 Å². The Hall–Kier alpha value is -2.95. The number of carbonyl (C=O) groups excluding carboxylic acids is 1. The van der Waals surface area contributed by atoms with Crippen LogP contribution in [0.2, 0.25) is 0 Å². The van der Waals surface area contributed by atoms with E-state index < -0.39 is 5.97 Å². The number of benzene rings is 1. The molecule has 2 heterocycles. The molecule has 21 heavy (non-hydrogen) atoms. The molecule has 2 aromatic heterocycles. The van der Waals surface area contributed by atoms with Crippen LogP contribution in [0.4, 0.5) is 11.5 Å². The average Bonchev–Trinajstić information content (AvgIpc) is 2.55. The second kappa shape index (κ2) is 5.58. The predicted octanol–water partition coefficient (Wildman–Crippen LogP) is 3.16. The first-order valence-corrected chi connectivity index (χ1v) is 6.43. The second-order valence-corrected chi connectivity index (χ2v) is 4.43. The number of anilines is 2. The van der Waals surface area contributed by atoms with Crippen molar-refractivity contribution in [3.8, 4) is 0 Å². The monoisotopic (exact) mass is 279 g/mol. The fraction of sp³-hybridized carbons (Fsp3) is 0.0625. The standard InChI is InChI=1S/C16H13N3O2/c1-21-16(20)14-7-6-12(10-18-14)19-15-13-5-3-2-4-11(13)8-9-17-15/h2-10H,1H3,(H,17,19). The fourth-order valence-corrected chi connectivity index (χ4v) is 2.05. The number of fused-ring (bicyclic) bond motifs is 1. The molecule has 0 saturated carbocycles. The number of hydrogen-bond donors (Lipinski definition) is 1. The lowest BCUT2D eigenvalue weighted by Crippen LogP contribution is -2.04. The van der Waals surface area contributed by atoms with Crippen molar-refractivity contribution < 1.29 is 9.53 Å². The Balaban J connectivity index is 1.90. The normalized spacial score (nSPS) is 10.3. The molecule has 0 aliphatic rings. The smallest absolute Gasteiger partial charge is 0.356 e. The summed E-state index contributed by atoms with van der Waals surface area (Å²) in [6, 6.07) is 13.3. The quantitative estimate of drug-likeness (QED) is 0.746. The van der Waals surface area contributed by atoms with Crippen molar-refractivity contribution in [3.63, 3.8) is 0 Å². The van der Waals surface area contributed by atoms with Gasteiger partial charge in [-0.2, -0.15) is 0 Å². The molecule has 5 nitrogen and oxygen atoms in total. The van der Waals surface area contributed by atoms with Gasteiger partial charge in [-0.15, -0.1) is 0 Å². The van der Waals surface area contributed by atoms with E-state index in [1.54, 1.807) is 24.5 Å². The van der Waals surface area contributed by atoms with Gasteiger partial charge in [-0.25, -0.2) is 14.8 Å². The molecule has 104 valence electrons. The molecule has 0 bridgehead atoms. The third-order valence-corrected chi connectivity index (χ3v) is 3.09. The molecule has 1 N–H and O–H groups in total. The first-order chi connectivity index (χ1) is 10.3. The van der Waals surface area contributed by atoms with Crippen molar-refractivity contribution in [2.24, 2.45) is 0 Å². The van der Waals surface area contributed by atoms with Gasteiger partial charge in [0.15, 0.2) is 0 Å². The van der Waals surface area contributed by atoms with Gasteiger partial charge in [0.2, 0.25) is 0 Å². The zero-order chi connectivity index (χ0) is 14.7. The number of rotatable bonds is 3. The van der Waals surface area contributed by atoms with Crippen LogP contribution >= 0.6 is 0 Å². The van der Waals surface area contributed by atoms with Crippen molar-refractivity contribution >= 4 is 28.2 Å². The molecule has 0 saturated heterocycles. The van der Waals surface area contributed by atoms with Crippen LogP contribution in [0.15, 0.2) is 54.9 Å². The number of esters is 1. The van der Waals surface area contributed by atoms with Gasteiger partial charge >= 0.3 is 5.97 Å². The van der Waals surface area contributed by atoms with E-state index in [0.717, 1.165) is 22.3 Å². The predicted molar refractivity (Wildman–Crippen MR) is 80.6 cm³/mol. The van der Waals surface area contributed by atoms with Crippen LogP contribution in [0.3, 0.4) is 0 Å². The number of nitrogens with zero attached hydrogens (tertiary/aromatic N) is 2. The highest BCUT2D eigenvalue weighted by Gasteiger charge is 2.07. The molecule has 0 atom stereocenters. The summed E-state index contributed by atoms with van der Waals surface area (Å²) in [5.74, 6) is 0.297. The van der Waals surface area contributed by atoms with Crippen molar-refractivity contribution in [2.45, 2.75) is 0 Å². The van der Waals surface area contributed by atoms with Crippen molar-refractivity contribution in [2.75, 3.05) is 12.4 Å². The third kappa shape index (κ3) is 2.67. The number of ether oxygens (including phenoxy) is 1. The van der Waals surface area contributed by atoms with Gasteiger partial charge in [0.25, 0.3) is 0 Å². The first-order valence-electron chi connectivity index (χ1n) is 6.43. The minimum Gasteiger partial charge on any atom is -0.464 e. The van der Waals surface area contributed by atoms with E-state index in [-0.39, 0.29) is 5.69 Å². The lowest BCUT2D eigenvalue weighted by atomic mass is 10.1. The highest BCUT2D eigenvalue weighted by Crippen LogP contribution is 2.23. The number of carbonyl (C=O) groups is 1. The summed E-state index contributed by atoms with van der Waals surface area (Å²) in [6.07, 6.45) is 3.33. The van der Waals surface area contributed by atoms with E-state index in [1.165, 1.54) is 7.11 Å². The molecule has 5 heteroatoms. The van der Waals surface area contributed by atoms with Crippen LogP contribution in [-0.4, -0.2) is 23.0 Å². The average molecular weight is 279 g/mol. The number of aromatic nitrogens is 2. The summed E-state index contributed by atoms with van der Waals surface area (Å²) in [4.78, 5) is 19.7. The third-order valence-electron chi connectivity index (χ3n) is 3.09. The fourth-order valence-electron chi connectivity index (χ4n) is 2.05. The summed E-state index contributed by atoms with van der Waals surface area (Å²) in [5.41, 5.74) is 1.03. The maximum absolute atomic E-state index is 11.3. The molecule has 0 unspecified atom stereocenters.